The van der Waals surface area contributed by atoms with Gasteiger partial charge in [0.05, 0.1) is 38.8 Å². The van der Waals surface area contributed by atoms with Crippen molar-refractivity contribution in [2.24, 2.45) is 0 Å². The second-order valence-corrected chi connectivity index (χ2v) is 18.6. The zero-order valence-electron chi connectivity index (χ0n) is 42.8. The Kier molecular flexibility index (Phi) is 49.4. The molecule has 2 atom stereocenters. The highest BCUT2D eigenvalue weighted by Crippen LogP contribution is 2.18. The van der Waals surface area contributed by atoms with Gasteiger partial charge in [-0.3, -0.25) is 14.4 Å². The molecule has 0 radical (unpaired) electrons. The van der Waals surface area contributed by atoms with Crippen molar-refractivity contribution in [3.8, 4) is 0 Å². The van der Waals surface area contributed by atoms with Gasteiger partial charge in [0.1, 0.15) is 25.9 Å². The van der Waals surface area contributed by atoms with Gasteiger partial charge in [-0.05, 0) is 63.9 Å². The van der Waals surface area contributed by atoms with Gasteiger partial charge in [-0.2, -0.15) is 0 Å². The summed E-state index contributed by atoms with van der Waals surface area (Å²) in [7, 11) is 5.37. The Labute approximate surface area is 395 Å². The van der Waals surface area contributed by atoms with E-state index < -0.39 is 6.10 Å². The molecule has 0 aromatic carbocycles. The monoisotopic (exact) mass is 909 g/mol. The summed E-state index contributed by atoms with van der Waals surface area (Å²) in [4.78, 5) is 37.9. The van der Waals surface area contributed by atoms with E-state index >= 15 is 0 Å². The number of carbonyl (C=O) groups excluding carboxylic acids is 3. The summed E-state index contributed by atoms with van der Waals surface area (Å²) in [5.41, 5.74) is 0. The molecule has 0 aromatic rings. The minimum atomic E-state index is -0.512. The lowest BCUT2D eigenvalue weighted by molar-refractivity contribution is -0.135. The molecule has 0 fully saturated rings. The normalized spacial score (nSPS) is 13.1. The lowest BCUT2D eigenvalue weighted by atomic mass is 10.0. The highest BCUT2D eigenvalue weighted by molar-refractivity contribution is 5.80. The number of hydrogen-bond donors (Lipinski definition) is 0. The first-order chi connectivity index (χ1) is 31.4. The summed E-state index contributed by atoms with van der Waals surface area (Å²) in [6.45, 7) is 4.86. The number of allylic oxidation sites excluding steroid dienone is 1. The first-order valence-electron chi connectivity index (χ1n) is 26.9. The number of Topliss-reactive ketones (excluding diaryl/α,β-unsaturated/α-hetero) is 3. The van der Waals surface area contributed by atoms with E-state index in [2.05, 4.69) is 13.8 Å². The van der Waals surface area contributed by atoms with Crippen LogP contribution in [0, 0.1) is 0 Å². The van der Waals surface area contributed by atoms with Crippen LogP contribution in [0.2, 0.25) is 0 Å². The van der Waals surface area contributed by atoms with Gasteiger partial charge in [0.2, 0.25) is 0 Å². The van der Waals surface area contributed by atoms with Gasteiger partial charge in [-0.1, -0.05) is 174 Å². The molecule has 0 amide bonds. The van der Waals surface area contributed by atoms with Gasteiger partial charge >= 0.3 is 0 Å². The standard InChI is InChI=1S/C55H104O9/c1-6-8-10-32-40-53(60-4)42-34-26-20-14-12-17-23-29-37-50(56)45-62-48-55(64-47-52(58)39-31-25-19-16-22-28-36-44-59-3)49-63-46-51(57)38-30-24-18-13-15-21-27-35-43-54(61-5)41-33-11-9-7-2/h36,44,53-55H,6-35,37-43,45-49H2,1-5H3/b44-36+. The molecular weight excluding hydrogens is 805 g/mol. The topological polar surface area (TPSA) is 107 Å². The minimum absolute atomic E-state index is 0.0132. The fraction of sp³-hybridized carbons (Fsp3) is 0.909. The Hall–Kier alpha value is -1.65. The summed E-state index contributed by atoms with van der Waals surface area (Å²) in [5, 5.41) is 0. The SMILES string of the molecule is CCCCCCC(CCCCCCCCCCC(=O)COCC(COCC(=O)CCCCCCCCCCC(CCCCCC)OC)OCC(=O)CCCCCCC/C=C/OC)OC. The molecule has 0 rings (SSSR count). The highest BCUT2D eigenvalue weighted by Gasteiger charge is 2.16. The van der Waals surface area contributed by atoms with E-state index in [9.17, 15) is 14.4 Å². The van der Waals surface area contributed by atoms with Gasteiger partial charge < -0.3 is 28.4 Å². The summed E-state index contributed by atoms with van der Waals surface area (Å²) < 4.78 is 33.9. The van der Waals surface area contributed by atoms with E-state index in [0.717, 1.165) is 77.0 Å². The predicted octanol–water partition coefficient (Wildman–Crippen LogP) is 14.8. The fourth-order valence-electron chi connectivity index (χ4n) is 8.33. The molecule has 0 spiro atoms. The Morgan fingerprint density at radius 2 is 0.719 bits per heavy atom. The van der Waals surface area contributed by atoms with E-state index in [1.54, 1.807) is 13.4 Å². The van der Waals surface area contributed by atoms with Crippen LogP contribution in [0.5, 0.6) is 0 Å². The summed E-state index contributed by atoms with van der Waals surface area (Å²) in [6.07, 6.45) is 45.8. The van der Waals surface area contributed by atoms with Crippen LogP contribution in [0.15, 0.2) is 12.3 Å². The van der Waals surface area contributed by atoms with E-state index in [4.69, 9.17) is 28.4 Å². The number of methoxy groups -OCH3 is 3. The van der Waals surface area contributed by atoms with E-state index in [1.807, 2.05) is 20.3 Å². The molecule has 0 heterocycles. The van der Waals surface area contributed by atoms with Crippen molar-refractivity contribution in [3.05, 3.63) is 12.3 Å². The van der Waals surface area contributed by atoms with Crippen molar-refractivity contribution in [3.63, 3.8) is 0 Å². The molecule has 9 nitrogen and oxygen atoms in total. The Morgan fingerprint density at radius 1 is 0.391 bits per heavy atom. The van der Waals surface area contributed by atoms with Gasteiger partial charge in [0.15, 0.2) is 17.3 Å². The third-order valence-corrected chi connectivity index (χ3v) is 12.6. The van der Waals surface area contributed by atoms with Crippen molar-refractivity contribution >= 4 is 17.3 Å². The van der Waals surface area contributed by atoms with Crippen LogP contribution in [0.3, 0.4) is 0 Å². The predicted molar refractivity (Wildman–Crippen MR) is 266 cm³/mol. The van der Waals surface area contributed by atoms with E-state index in [0.29, 0.717) is 31.5 Å². The maximum absolute atomic E-state index is 12.7. The molecule has 0 saturated heterocycles. The molecule has 0 aliphatic rings. The molecule has 0 bridgehead atoms. The largest absolute Gasteiger partial charge is 0.505 e. The summed E-state index contributed by atoms with van der Waals surface area (Å²) in [6, 6.07) is 0. The Balaban J connectivity index is 4.35. The van der Waals surface area contributed by atoms with Crippen molar-refractivity contribution in [1.29, 1.82) is 0 Å². The Bertz CT molecular complexity index is 975. The van der Waals surface area contributed by atoms with Gasteiger partial charge in [-0.15, -0.1) is 0 Å². The number of ether oxygens (including phenoxy) is 6. The van der Waals surface area contributed by atoms with Crippen LogP contribution in [-0.4, -0.2) is 90.0 Å². The lowest BCUT2D eigenvalue weighted by Gasteiger charge is -2.18. The average Bonchev–Trinajstić information content (AvgIpc) is 3.29. The average molecular weight is 909 g/mol. The lowest BCUT2D eigenvalue weighted by Crippen LogP contribution is -2.30. The molecular formula is C55H104O9. The van der Waals surface area contributed by atoms with Crippen molar-refractivity contribution in [2.75, 3.05) is 54.4 Å². The quantitative estimate of drug-likeness (QED) is 0.0435. The number of carbonyl (C=O) groups is 3. The van der Waals surface area contributed by atoms with Crippen LogP contribution < -0.4 is 0 Å². The van der Waals surface area contributed by atoms with Gasteiger partial charge in [0.25, 0.3) is 0 Å². The molecule has 2 unspecified atom stereocenters. The molecule has 0 aliphatic carbocycles. The maximum atomic E-state index is 12.7. The number of rotatable bonds is 54. The molecule has 378 valence electrons. The van der Waals surface area contributed by atoms with Crippen LogP contribution in [0.25, 0.3) is 0 Å². The van der Waals surface area contributed by atoms with Crippen molar-refractivity contribution < 1.29 is 42.8 Å². The van der Waals surface area contributed by atoms with E-state index in [-0.39, 0.29) is 50.4 Å². The van der Waals surface area contributed by atoms with Crippen LogP contribution >= 0.6 is 0 Å². The second kappa shape index (κ2) is 50.8. The number of ketones is 3. The molecule has 0 N–H and O–H groups in total. The second-order valence-electron chi connectivity index (χ2n) is 18.6. The van der Waals surface area contributed by atoms with Gasteiger partial charge in [0, 0.05) is 33.5 Å². The first-order valence-corrected chi connectivity index (χ1v) is 26.9. The van der Waals surface area contributed by atoms with Crippen LogP contribution in [0.4, 0.5) is 0 Å². The van der Waals surface area contributed by atoms with Crippen LogP contribution in [0.1, 0.15) is 251 Å². The molecule has 64 heavy (non-hydrogen) atoms. The smallest absolute Gasteiger partial charge is 0.158 e. The Morgan fingerprint density at radius 3 is 1.08 bits per heavy atom. The molecule has 0 aromatic heterocycles. The van der Waals surface area contributed by atoms with Crippen LogP contribution in [-0.2, 0) is 42.8 Å². The molecule has 0 saturated carbocycles. The van der Waals surface area contributed by atoms with E-state index in [1.165, 1.54) is 141 Å². The third-order valence-electron chi connectivity index (χ3n) is 12.6. The maximum Gasteiger partial charge on any atom is 0.158 e. The third kappa shape index (κ3) is 45.5. The van der Waals surface area contributed by atoms with Crippen molar-refractivity contribution in [1.82, 2.24) is 0 Å². The zero-order chi connectivity index (χ0) is 46.8. The number of unbranched alkanes of at least 4 members (excludes halogenated alkanes) is 25. The zero-order valence-corrected chi connectivity index (χ0v) is 42.8. The summed E-state index contributed by atoms with van der Waals surface area (Å²) >= 11 is 0. The molecule has 9 heteroatoms. The minimum Gasteiger partial charge on any atom is -0.505 e. The number of hydrogen-bond acceptors (Lipinski definition) is 9. The molecule has 0 aliphatic heterocycles. The van der Waals surface area contributed by atoms with Crippen molar-refractivity contribution in [2.45, 2.75) is 270 Å². The summed E-state index contributed by atoms with van der Waals surface area (Å²) in [5.74, 6) is 0.236. The van der Waals surface area contributed by atoms with Gasteiger partial charge in [-0.25, -0.2) is 0 Å². The highest BCUT2D eigenvalue weighted by atomic mass is 16.6. The fourth-order valence-corrected chi connectivity index (χ4v) is 8.33. The first kappa shape index (κ1) is 62.4.